The summed E-state index contributed by atoms with van der Waals surface area (Å²) >= 11 is 0. The van der Waals surface area contributed by atoms with Crippen molar-refractivity contribution in [3.05, 3.63) is 0 Å². The van der Waals surface area contributed by atoms with E-state index < -0.39 is 0 Å². The van der Waals surface area contributed by atoms with Crippen LogP contribution >= 0.6 is 0 Å². The number of hydrogen-bond acceptors (Lipinski definition) is 1. The zero-order valence-corrected chi connectivity index (χ0v) is 7.36. The summed E-state index contributed by atoms with van der Waals surface area (Å²) in [5.74, 6) is 0.635. The first-order valence-corrected chi connectivity index (χ1v) is 5.28. The molecule has 0 aromatic carbocycles. The molecule has 3 unspecified atom stereocenters. The van der Waals surface area contributed by atoms with Gasteiger partial charge in [-0.15, -0.1) is 0 Å². The maximum absolute atomic E-state index is 11.8. The van der Waals surface area contributed by atoms with E-state index in [1.54, 1.807) is 0 Å². The van der Waals surface area contributed by atoms with Gasteiger partial charge >= 0.3 is 0 Å². The molecule has 0 aromatic heterocycles. The van der Waals surface area contributed by atoms with Crippen LogP contribution < -0.4 is 0 Å². The van der Waals surface area contributed by atoms with Crippen LogP contribution in [0.1, 0.15) is 44.9 Å². The van der Waals surface area contributed by atoms with Crippen LogP contribution in [0.2, 0.25) is 0 Å². The summed E-state index contributed by atoms with van der Waals surface area (Å²) in [6.45, 7) is 0. The van der Waals surface area contributed by atoms with Crippen molar-refractivity contribution in [3.63, 3.8) is 0 Å². The Bertz CT molecular complexity index is 308. The molecule has 0 N–H and O–H groups in total. The fraction of sp³-hybridized carbons (Fsp3) is 0.909. The fourth-order valence-corrected chi connectivity index (χ4v) is 4.99. The average Bonchev–Trinajstić information content (AvgIpc) is 2.45. The van der Waals surface area contributed by atoms with Crippen molar-refractivity contribution >= 4 is 5.78 Å². The maximum atomic E-state index is 11.8. The summed E-state index contributed by atoms with van der Waals surface area (Å²) in [6.07, 6.45) is 8.88. The van der Waals surface area contributed by atoms with Gasteiger partial charge in [-0.25, -0.2) is 0 Å². The van der Waals surface area contributed by atoms with Crippen molar-refractivity contribution in [1.82, 2.24) is 0 Å². The summed E-state index contributed by atoms with van der Waals surface area (Å²) in [5, 5.41) is 0. The molecule has 4 fully saturated rings. The molecule has 4 saturated carbocycles. The van der Waals surface area contributed by atoms with Crippen molar-refractivity contribution < 1.29 is 4.79 Å². The number of carbonyl (C=O) groups is 1. The van der Waals surface area contributed by atoms with E-state index >= 15 is 0 Å². The molecule has 1 nitrogen and oxygen atoms in total. The lowest BCUT2D eigenvalue weighted by Gasteiger charge is -2.59. The van der Waals surface area contributed by atoms with Gasteiger partial charge in [0.15, 0.2) is 0 Å². The molecular formula is C11H14O. The van der Waals surface area contributed by atoms with Crippen LogP contribution in [-0.4, -0.2) is 5.78 Å². The molecular weight excluding hydrogens is 148 g/mol. The topological polar surface area (TPSA) is 17.1 Å². The van der Waals surface area contributed by atoms with Crippen LogP contribution in [0.5, 0.6) is 0 Å². The van der Waals surface area contributed by atoms with E-state index in [0.29, 0.717) is 11.2 Å². The first-order chi connectivity index (χ1) is 5.75. The number of Topliss-reactive ketones (excluding diaryl/α,β-unsaturated/α-hetero) is 1. The Balaban J connectivity index is 1.83. The van der Waals surface area contributed by atoms with E-state index in [1.165, 1.54) is 38.5 Å². The van der Waals surface area contributed by atoms with Crippen LogP contribution in [0.4, 0.5) is 0 Å². The second kappa shape index (κ2) is 1.30. The van der Waals surface area contributed by atoms with Gasteiger partial charge in [0.2, 0.25) is 0 Å². The lowest BCUT2D eigenvalue weighted by atomic mass is 9.44. The minimum atomic E-state index is 0.255. The van der Waals surface area contributed by atoms with Crippen molar-refractivity contribution in [2.45, 2.75) is 44.9 Å². The molecule has 3 atom stereocenters. The van der Waals surface area contributed by atoms with Gasteiger partial charge in [0, 0.05) is 11.8 Å². The summed E-state index contributed by atoms with van der Waals surface area (Å²) < 4.78 is 0. The third kappa shape index (κ3) is 0.320. The lowest BCUT2D eigenvalue weighted by Crippen LogP contribution is -2.56. The van der Waals surface area contributed by atoms with E-state index in [1.807, 2.05) is 0 Å². The molecule has 0 amide bonds. The van der Waals surface area contributed by atoms with Gasteiger partial charge in [-0.2, -0.15) is 0 Å². The van der Waals surface area contributed by atoms with Crippen LogP contribution in [0.25, 0.3) is 0 Å². The highest BCUT2D eigenvalue weighted by atomic mass is 16.1. The van der Waals surface area contributed by atoms with Crippen LogP contribution in [0.3, 0.4) is 0 Å². The average molecular weight is 162 g/mol. The Morgan fingerprint density at radius 3 is 2.33 bits per heavy atom. The first-order valence-electron chi connectivity index (χ1n) is 5.28. The summed E-state index contributed by atoms with van der Waals surface area (Å²) in [5.41, 5.74) is 1.60. The molecule has 0 radical (unpaired) electrons. The van der Waals surface area contributed by atoms with E-state index in [9.17, 15) is 4.79 Å². The van der Waals surface area contributed by atoms with Crippen LogP contribution in [0.15, 0.2) is 0 Å². The van der Waals surface area contributed by atoms with Crippen molar-refractivity contribution in [2.75, 3.05) is 0 Å². The second-order valence-corrected chi connectivity index (χ2v) is 5.57. The van der Waals surface area contributed by atoms with Crippen LogP contribution in [-0.2, 0) is 4.79 Å². The van der Waals surface area contributed by atoms with Crippen molar-refractivity contribution in [2.24, 2.45) is 16.2 Å². The molecule has 0 bridgehead atoms. The molecule has 1 heteroatoms. The normalized spacial score (nSPS) is 65.2. The predicted octanol–water partition coefficient (Wildman–Crippen LogP) is 2.30. The van der Waals surface area contributed by atoms with Gasteiger partial charge in [0.25, 0.3) is 0 Å². The third-order valence-corrected chi connectivity index (χ3v) is 5.66. The van der Waals surface area contributed by atoms with Gasteiger partial charge in [-0.05, 0) is 49.4 Å². The van der Waals surface area contributed by atoms with E-state index in [-0.39, 0.29) is 5.41 Å². The third-order valence-electron chi connectivity index (χ3n) is 5.66. The Morgan fingerprint density at radius 2 is 2.00 bits per heavy atom. The van der Waals surface area contributed by atoms with E-state index in [2.05, 4.69) is 0 Å². The molecule has 0 saturated heterocycles. The Kier molecular flexibility index (Phi) is 0.670. The highest BCUT2D eigenvalue weighted by molar-refractivity contribution is 5.91. The monoisotopic (exact) mass is 162 g/mol. The highest BCUT2D eigenvalue weighted by Gasteiger charge is 2.91. The summed E-state index contributed by atoms with van der Waals surface area (Å²) in [7, 11) is 0. The second-order valence-electron chi connectivity index (χ2n) is 5.57. The standard InChI is InChI=1S/C11H14O/c12-8-2-1-3-10(8)6-9-4-5-11(9,10)7-9/h1-7H2. The molecule has 4 aliphatic rings. The first kappa shape index (κ1) is 6.17. The molecule has 4 aliphatic carbocycles. The number of ketones is 1. The zero-order chi connectivity index (χ0) is 8.03. The molecule has 1 spiro atoms. The van der Waals surface area contributed by atoms with E-state index in [4.69, 9.17) is 0 Å². The summed E-state index contributed by atoms with van der Waals surface area (Å²) in [6, 6.07) is 0. The van der Waals surface area contributed by atoms with Gasteiger partial charge in [0.1, 0.15) is 5.78 Å². The molecule has 0 aliphatic heterocycles. The highest BCUT2D eigenvalue weighted by Crippen LogP contribution is 2.96. The quantitative estimate of drug-likeness (QED) is 0.534. The largest absolute Gasteiger partial charge is 0.299 e. The number of rotatable bonds is 0. The predicted molar refractivity (Wildman–Crippen MR) is 44.6 cm³/mol. The van der Waals surface area contributed by atoms with Gasteiger partial charge in [0.05, 0.1) is 0 Å². The maximum Gasteiger partial charge on any atom is 0.139 e. The Morgan fingerprint density at radius 1 is 1.08 bits per heavy atom. The minimum absolute atomic E-state index is 0.255. The lowest BCUT2D eigenvalue weighted by molar-refractivity contribution is -0.156. The van der Waals surface area contributed by atoms with Gasteiger partial charge < -0.3 is 0 Å². The van der Waals surface area contributed by atoms with Crippen molar-refractivity contribution in [3.8, 4) is 0 Å². The Labute approximate surface area is 72.5 Å². The van der Waals surface area contributed by atoms with Gasteiger partial charge in [-0.3, -0.25) is 4.79 Å². The molecule has 4 rings (SSSR count). The minimum Gasteiger partial charge on any atom is -0.299 e. The smallest absolute Gasteiger partial charge is 0.139 e. The summed E-state index contributed by atoms with van der Waals surface area (Å²) in [4.78, 5) is 11.8. The molecule has 12 heavy (non-hydrogen) atoms. The molecule has 0 heterocycles. The van der Waals surface area contributed by atoms with Crippen molar-refractivity contribution in [1.29, 1.82) is 0 Å². The van der Waals surface area contributed by atoms with Gasteiger partial charge in [-0.1, -0.05) is 0 Å². The molecule has 0 aromatic rings. The zero-order valence-electron chi connectivity index (χ0n) is 7.36. The number of hydrogen-bond donors (Lipinski definition) is 0. The Hall–Kier alpha value is -0.330. The van der Waals surface area contributed by atoms with E-state index in [0.717, 1.165) is 11.8 Å². The molecule has 64 valence electrons. The number of carbonyl (C=O) groups excluding carboxylic acids is 1. The van der Waals surface area contributed by atoms with Crippen LogP contribution in [0, 0.1) is 16.2 Å². The fourth-order valence-electron chi connectivity index (χ4n) is 4.99. The SMILES string of the molecule is O=C1CCCC12CC13CCC12C3.